The highest BCUT2D eigenvalue weighted by atomic mass is 19.1. The second-order valence-corrected chi connectivity index (χ2v) is 10.9. The molecule has 5 rings (SSSR count). The Bertz CT molecular complexity index is 1160. The molecular formula is C29H35F2N3O3. The highest BCUT2D eigenvalue weighted by Crippen LogP contribution is 2.31. The van der Waals surface area contributed by atoms with Gasteiger partial charge < -0.3 is 19.9 Å². The van der Waals surface area contributed by atoms with Gasteiger partial charge in [0.05, 0.1) is 0 Å². The molecule has 0 unspecified atom stereocenters. The van der Waals surface area contributed by atoms with Crippen LogP contribution in [0.1, 0.15) is 55.5 Å². The van der Waals surface area contributed by atoms with E-state index < -0.39 is 17.7 Å². The number of piperidine rings is 1. The van der Waals surface area contributed by atoms with Gasteiger partial charge in [0, 0.05) is 37.3 Å². The molecule has 1 atom stereocenters. The van der Waals surface area contributed by atoms with Crippen molar-refractivity contribution in [3.8, 4) is 11.5 Å². The summed E-state index contributed by atoms with van der Waals surface area (Å²) < 4.78 is 33.0. The fourth-order valence-corrected chi connectivity index (χ4v) is 5.41. The van der Waals surface area contributed by atoms with E-state index in [0.29, 0.717) is 37.7 Å². The molecule has 198 valence electrons. The second-order valence-electron chi connectivity index (χ2n) is 10.9. The summed E-state index contributed by atoms with van der Waals surface area (Å²) in [5.41, 5.74) is 1.32. The minimum absolute atomic E-state index is 0.00762. The number of ether oxygens (including phenoxy) is 1. The van der Waals surface area contributed by atoms with Crippen LogP contribution in [0.3, 0.4) is 0 Å². The standard InChI is InChI=1S/C29H35F2N3O3/c1-18(2)27(29(36)33-12-10-22(11-13-33)32-17-19-3-4-19)34-14-9-20-5-7-23(16-24(20)28(34)35)37-26-8-6-21(30)15-25(26)31/h5-8,15-16,18-19,22,27,32H,3-4,9-14,17H2,1-2H3/t27-/m1/s1. The summed E-state index contributed by atoms with van der Waals surface area (Å²) >= 11 is 0. The summed E-state index contributed by atoms with van der Waals surface area (Å²) in [7, 11) is 0. The van der Waals surface area contributed by atoms with Crippen LogP contribution in [0.25, 0.3) is 0 Å². The molecule has 1 N–H and O–H groups in total. The van der Waals surface area contributed by atoms with Crippen LogP contribution >= 0.6 is 0 Å². The Kier molecular flexibility index (Phi) is 7.47. The predicted octanol–water partition coefficient (Wildman–Crippen LogP) is 4.77. The molecule has 1 aliphatic carbocycles. The first-order valence-electron chi connectivity index (χ1n) is 13.4. The van der Waals surface area contributed by atoms with E-state index in [1.807, 2.05) is 18.7 Å². The molecule has 2 aliphatic heterocycles. The number of halogens is 2. The number of rotatable bonds is 8. The van der Waals surface area contributed by atoms with Gasteiger partial charge in [0.25, 0.3) is 5.91 Å². The third-order valence-corrected chi connectivity index (χ3v) is 7.74. The molecule has 37 heavy (non-hydrogen) atoms. The van der Waals surface area contributed by atoms with Crippen molar-refractivity contribution in [2.45, 2.75) is 58.0 Å². The minimum atomic E-state index is -0.817. The lowest BCUT2D eigenvalue weighted by atomic mass is 9.92. The Morgan fingerprint density at radius 3 is 2.49 bits per heavy atom. The van der Waals surface area contributed by atoms with E-state index >= 15 is 0 Å². The lowest BCUT2D eigenvalue weighted by Crippen LogP contribution is -2.57. The number of hydrogen-bond acceptors (Lipinski definition) is 4. The zero-order valence-corrected chi connectivity index (χ0v) is 21.5. The zero-order chi connectivity index (χ0) is 26.1. The average Bonchev–Trinajstić information content (AvgIpc) is 3.71. The van der Waals surface area contributed by atoms with Crippen LogP contribution in [0, 0.1) is 23.5 Å². The van der Waals surface area contributed by atoms with E-state index in [1.165, 1.54) is 18.9 Å². The van der Waals surface area contributed by atoms with Gasteiger partial charge in [0.1, 0.15) is 17.6 Å². The first-order chi connectivity index (χ1) is 17.8. The van der Waals surface area contributed by atoms with Crippen LogP contribution in [0.4, 0.5) is 8.78 Å². The number of carbonyl (C=O) groups excluding carboxylic acids is 2. The summed E-state index contributed by atoms with van der Waals surface area (Å²) in [6.07, 6.45) is 5.13. The third kappa shape index (κ3) is 5.79. The lowest BCUT2D eigenvalue weighted by molar-refractivity contribution is -0.139. The van der Waals surface area contributed by atoms with Gasteiger partial charge in [0.15, 0.2) is 11.6 Å². The molecule has 8 heteroatoms. The van der Waals surface area contributed by atoms with E-state index in [1.54, 1.807) is 23.1 Å². The second kappa shape index (κ2) is 10.8. The normalized spacial score (nSPS) is 19.2. The largest absolute Gasteiger partial charge is 0.454 e. The Labute approximate surface area is 217 Å². The van der Waals surface area contributed by atoms with E-state index in [0.717, 1.165) is 43.0 Å². The Morgan fingerprint density at radius 2 is 1.81 bits per heavy atom. The number of hydrogen-bond donors (Lipinski definition) is 1. The molecule has 1 saturated heterocycles. The average molecular weight is 512 g/mol. The van der Waals surface area contributed by atoms with E-state index in [-0.39, 0.29) is 29.2 Å². The van der Waals surface area contributed by atoms with Crippen molar-refractivity contribution in [3.05, 3.63) is 59.2 Å². The third-order valence-electron chi connectivity index (χ3n) is 7.74. The summed E-state index contributed by atoms with van der Waals surface area (Å²) in [5, 5.41) is 3.65. The van der Waals surface area contributed by atoms with Crippen molar-refractivity contribution >= 4 is 11.8 Å². The summed E-state index contributed by atoms with van der Waals surface area (Å²) in [6, 6.07) is 8.07. The van der Waals surface area contributed by atoms with Gasteiger partial charge in [-0.3, -0.25) is 9.59 Å². The number of amides is 2. The maximum absolute atomic E-state index is 14.1. The maximum atomic E-state index is 14.1. The Morgan fingerprint density at radius 1 is 1.05 bits per heavy atom. The van der Waals surface area contributed by atoms with Gasteiger partial charge in [-0.05, 0) is 80.3 Å². The molecule has 2 aromatic carbocycles. The number of benzene rings is 2. The summed E-state index contributed by atoms with van der Waals surface area (Å²) in [6.45, 7) is 6.90. The highest BCUT2D eigenvalue weighted by Gasteiger charge is 2.39. The SMILES string of the molecule is CC(C)[C@H](C(=O)N1CCC(NCC2CC2)CC1)N1CCc2ccc(Oc3ccc(F)cc3F)cc2C1=O. The number of fused-ring (bicyclic) bond motifs is 1. The van der Waals surface area contributed by atoms with Crippen molar-refractivity contribution in [2.24, 2.45) is 11.8 Å². The number of likely N-dealkylation sites (tertiary alicyclic amines) is 1. The van der Waals surface area contributed by atoms with Crippen LogP contribution < -0.4 is 10.1 Å². The van der Waals surface area contributed by atoms with Gasteiger partial charge >= 0.3 is 0 Å². The quantitative estimate of drug-likeness (QED) is 0.555. The Hall–Kier alpha value is -3.00. The number of nitrogens with one attached hydrogen (secondary N) is 1. The molecule has 2 amide bonds. The number of nitrogens with zero attached hydrogens (tertiary/aromatic N) is 2. The molecule has 6 nitrogen and oxygen atoms in total. The van der Waals surface area contributed by atoms with Gasteiger partial charge in [-0.2, -0.15) is 0 Å². The molecule has 0 aromatic heterocycles. The maximum Gasteiger partial charge on any atom is 0.254 e. The monoisotopic (exact) mass is 511 g/mol. The highest BCUT2D eigenvalue weighted by molar-refractivity contribution is 6.00. The van der Waals surface area contributed by atoms with Gasteiger partial charge in [-0.25, -0.2) is 8.78 Å². The first-order valence-corrected chi connectivity index (χ1v) is 13.4. The molecular weight excluding hydrogens is 476 g/mol. The first kappa shape index (κ1) is 25.6. The van der Waals surface area contributed by atoms with Crippen LogP contribution in [0.2, 0.25) is 0 Å². The molecule has 2 heterocycles. The smallest absolute Gasteiger partial charge is 0.254 e. The topological polar surface area (TPSA) is 61.9 Å². The molecule has 1 saturated carbocycles. The van der Waals surface area contributed by atoms with Crippen LogP contribution in [0.15, 0.2) is 36.4 Å². The fourth-order valence-electron chi connectivity index (χ4n) is 5.41. The molecule has 0 radical (unpaired) electrons. The van der Waals surface area contributed by atoms with E-state index in [2.05, 4.69) is 5.32 Å². The Balaban J connectivity index is 1.28. The van der Waals surface area contributed by atoms with Gasteiger partial charge in [-0.1, -0.05) is 19.9 Å². The van der Waals surface area contributed by atoms with Crippen molar-refractivity contribution < 1.29 is 23.1 Å². The summed E-state index contributed by atoms with van der Waals surface area (Å²) in [5.74, 6) is -0.770. The van der Waals surface area contributed by atoms with Crippen LogP contribution in [-0.4, -0.2) is 59.9 Å². The van der Waals surface area contributed by atoms with Gasteiger partial charge in [0.2, 0.25) is 5.91 Å². The molecule has 3 aliphatic rings. The lowest BCUT2D eigenvalue weighted by Gasteiger charge is -2.41. The minimum Gasteiger partial charge on any atom is -0.454 e. The molecule has 0 bridgehead atoms. The van der Waals surface area contributed by atoms with Crippen molar-refractivity contribution in [2.75, 3.05) is 26.2 Å². The van der Waals surface area contributed by atoms with Crippen molar-refractivity contribution in [1.82, 2.24) is 15.1 Å². The fraction of sp³-hybridized carbons (Fsp3) is 0.517. The van der Waals surface area contributed by atoms with Gasteiger partial charge in [-0.15, -0.1) is 0 Å². The number of carbonyl (C=O) groups is 2. The van der Waals surface area contributed by atoms with Crippen molar-refractivity contribution in [3.63, 3.8) is 0 Å². The molecule has 2 fully saturated rings. The van der Waals surface area contributed by atoms with Crippen LogP contribution in [0.5, 0.6) is 11.5 Å². The molecule has 0 spiro atoms. The predicted molar refractivity (Wildman–Crippen MR) is 137 cm³/mol. The van der Waals surface area contributed by atoms with Crippen molar-refractivity contribution in [1.29, 1.82) is 0 Å². The van der Waals surface area contributed by atoms with E-state index in [9.17, 15) is 18.4 Å². The summed E-state index contributed by atoms with van der Waals surface area (Å²) in [4.78, 5) is 30.9. The van der Waals surface area contributed by atoms with E-state index in [4.69, 9.17) is 4.74 Å². The zero-order valence-electron chi connectivity index (χ0n) is 21.5. The molecule has 2 aromatic rings. The van der Waals surface area contributed by atoms with Crippen LogP contribution in [-0.2, 0) is 11.2 Å².